The largest absolute Gasteiger partial charge is 0.382 e. The Labute approximate surface area is 349 Å². The normalized spacial score (nSPS) is 25.8. The Balaban J connectivity index is 0.791. The lowest BCUT2D eigenvalue weighted by atomic mass is 9.73. The second-order valence-electron chi connectivity index (χ2n) is 17.9. The molecule has 3 aromatic rings. The van der Waals surface area contributed by atoms with Gasteiger partial charge >= 0.3 is 6.03 Å². The van der Waals surface area contributed by atoms with Crippen LogP contribution in [0.25, 0.3) is 0 Å². The van der Waals surface area contributed by atoms with Gasteiger partial charge < -0.3 is 30.7 Å². The summed E-state index contributed by atoms with van der Waals surface area (Å²) < 4.78 is 0. The zero-order valence-corrected chi connectivity index (χ0v) is 34.4. The Kier molecular flexibility index (Phi) is 10.4. The summed E-state index contributed by atoms with van der Waals surface area (Å²) in [6.45, 7) is 7.21. The number of anilines is 2. The van der Waals surface area contributed by atoms with Crippen molar-refractivity contribution in [2.24, 2.45) is 5.73 Å². The van der Waals surface area contributed by atoms with Gasteiger partial charge in [-0.3, -0.25) is 28.9 Å². The van der Waals surface area contributed by atoms with Crippen molar-refractivity contribution < 1.29 is 28.8 Å². The molecule has 5 fully saturated rings. The van der Waals surface area contributed by atoms with Crippen molar-refractivity contribution in [2.45, 2.75) is 101 Å². The summed E-state index contributed by atoms with van der Waals surface area (Å²) in [5.74, 6) is -1.35. The number of likely N-dealkylation sites (tertiary alicyclic amines) is 1. The lowest BCUT2D eigenvalue weighted by Crippen LogP contribution is -2.54. The fourth-order valence-corrected chi connectivity index (χ4v) is 10.3. The van der Waals surface area contributed by atoms with Gasteiger partial charge in [-0.05, 0) is 86.7 Å². The number of aromatic nitrogens is 2. The number of imide groups is 1. The number of carbonyl (C=O) groups excluding carboxylic acids is 6. The predicted molar refractivity (Wildman–Crippen MR) is 223 cm³/mol. The minimum Gasteiger partial charge on any atom is -0.382 e. The number of fused-ring (bicyclic) bond motifs is 1. The summed E-state index contributed by atoms with van der Waals surface area (Å²) in [5, 5.41) is 3.53. The van der Waals surface area contributed by atoms with Crippen molar-refractivity contribution in [1.82, 2.24) is 29.6 Å². The zero-order chi connectivity index (χ0) is 41.9. The number of ketones is 2. The number of rotatable bonds is 10. The van der Waals surface area contributed by atoms with E-state index in [1.165, 1.54) is 5.56 Å². The van der Waals surface area contributed by atoms with Gasteiger partial charge in [-0.15, -0.1) is 0 Å². The molecule has 3 N–H and O–H groups in total. The van der Waals surface area contributed by atoms with Crippen LogP contribution in [-0.2, 0) is 21.4 Å². The smallest absolute Gasteiger partial charge is 0.320 e. The Morgan fingerprint density at radius 2 is 1.68 bits per heavy atom. The van der Waals surface area contributed by atoms with Crippen LogP contribution in [0.5, 0.6) is 0 Å². The average molecular weight is 816 g/mol. The molecule has 2 saturated carbocycles. The minimum atomic E-state index is -0.884. The molecule has 0 bridgehead atoms. The van der Waals surface area contributed by atoms with E-state index in [2.05, 4.69) is 51.3 Å². The van der Waals surface area contributed by atoms with Crippen molar-refractivity contribution in [1.29, 1.82) is 0 Å². The molecule has 6 aliphatic rings. The summed E-state index contributed by atoms with van der Waals surface area (Å²) in [6, 6.07) is 13.7. The maximum absolute atomic E-state index is 13.6. The predicted octanol–water partition coefficient (Wildman–Crippen LogP) is 3.79. The number of nitrogens with two attached hydrogens (primary N) is 1. The number of nitrogens with one attached hydrogen (secondary N) is 1. The molecule has 2 aliphatic carbocycles. The number of carbonyl (C=O) groups is 6. The van der Waals surface area contributed by atoms with Gasteiger partial charge in [0.25, 0.3) is 17.7 Å². The average Bonchev–Trinajstić information content (AvgIpc) is 3.70. The molecule has 2 aromatic carbocycles. The van der Waals surface area contributed by atoms with Crippen molar-refractivity contribution in [2.75, 3.05) is 56.5 Å². The molecule has 1 aromatic heterocycles. The van der Waals surface area contributed by atoms with Gasteiger partial charge in [0.05, 0.1) is 41.5 Å². The van der Waals surface area contributed by atoms with E-state index in [0.717, 1.165) is 81.7 Å². The maximum Gasteiger partial charge on any atom is 0.320 e. The van der Waals surface area contributed by atoms with Crippen LogP contribution in [0.15, 0.2) is 48.7 Å². The number of urea groups is 1. The molecule has 9 rings (SSSR count). The second-order valence-corrected chi connectivity index (χ2v) is 17.9. The summed E-state index contributed by atoms with van der Waals surface area (Å²) >= 11 is 0. The molecular weight excluding hydrogens is 763 g/mol. The first-order valence-corrected chi connectivity index (χ1v) is 21.4. The Morgan fingerprint density at radius 3 is 2.38 bits per heavy atom. The number of hydrogen-bond acceptors (Lipinski definition) is 11. The van der Waals surface area contributed by atoms with Crippen molar-refractivity contribution in [3.05, 3.63) is 82.3 Å². The Hall–Kier alpha value is -5.70. The lowest BCUT2D eigenvalue weighted by Gasteiger charge is -2.48. The summed E-state index contributed by atoms with van der Waals surface area (Å²) in [7, 11) is 1.84. The molecule has 4 aliphatic heterocycles. The van der Waals surface area contributed by atoms with Crippen LogP contribution in [0, 0.1) is 0 Å². The molecule has 15 nitrogen and oxygen atoms in total. The van der Waals surface area contributed by atoms with Crippen molar-refractivity contribution in [3.8, 4) is 0 Å². The minimum absolute atomic E-state index is 0.0151. The molecule has 314 valence electrons. The third-order valence-electron chi connectivity index (χ3n) is 14.1. The van der Waals surface area contributed by atoms with Gasteiger partial charge in [0.1, 0.15) is 17.3 Å². The summed E-state index contributed by atoms with van der Waals surface area (Å²) in [6.07, 6.45) is 7.95. The van der Waals surface area contributed by atoms with E-state index in [-0.39, 0.29) is 60.1 Å². The van der Waals surface area contributed by atoms with Crippen molar-refractivity contribution >= 4 is 46.8 Å². The highest BCUT2D eigenvalue weighted by Crippen LogP contribution is 2.40. The van der Waals surface area contributed by atoms with Gasteiger partial charge in [-0.2, -0.15) is 0 Å². The second kappa shape index (κ2) is 15.7. The van der Waals surface area contributed by atoms with Gasteiger partial charge in [-0.25, -0.2) is 14.8 Å². The van der Waals surface area contributed by atoms with Gasteiger partial charge in [-0.1, -0.05) is 37.3 Å². The number of nitrogens with zero attached hydrogens (tertiary/aromatic N) is 7. The lowest BCUT2D eigenvalue weighted by molar-refractivity contribution is -0.132. The molecule has 1 unspecified atom stereocenters. The molecule has 2 atom stereocenters. The van der Waals surface area contributed by atoms with Gasteiger partial charge in [0, 0.05) is 63.8 Å². The molecular formula is C45H53N9O6. The van der Waals surface area contributed by atoms with Crippen LogP contribution in [0.2, 0.25) is 0 Å². The van der Waals surface area contributed by atoms with Gasteiger partial charge in [0.2, 0.25) is 0 Å². The molecule has 0 spiro atoms. The molecule has 5 amide bonds. The van der Waals surface area contributed by atoms with E-state index < -0.39 is 23.8 Å². The summed E-state index contributed by atoms with van der Waals surface area (Å²) in [4.78, 5) is 95.4. The highest BCUT2D eigenvalue weighted by atomic mass is 16.2. The van der Waals surface area contributed by atoms with Crippen LogP contribution in [0.3, 0.4) is 0 Å². The van der Waals surface area contributed by atoms with E-state index in [1.54, 1.807) is 23.2 Å². The summed E-state index contributed by atoms with van der Waals surface area (Å²) in [5.41, 5.74) is 10.1. The van der Waals surface area contributed by atoms with Crippen LogP contribution < -0.4 is 16.0 Å². The van der Waals surface area contributed by atoms with E-state index in [4.69, 9.17) is 10.7 Å². The maximum atomic E-state index is 13.6. The van der Waals surface area contributed by atoms with E-state index in [0.29, 0.717) is 47.3 Å². The van der Waals surface area contributed by atoms with E-state index >= 15 is 0 Å². The third-order valence-corrected chi connectivity index (χ3v) is 14.1. The standard InChI is InChI=1S/C45H53N9O6/c1-45(28-10-8-27(9-11-28)21-35-40(41(46)57)47-25-38(49-35)52-16-4-5-30(26-52)53-20-19-50(2)44(53)60)14-17-51(18-15-45)31-22-29(23-31)48-34-7-3-6-33-39(34)43(59)54(42(33)58)36-13-12-32(55)24-37(36)56/h3,6-11,25,29-31,36,48H,4-5,12-24,26H2,1-2H3,(H2,46,57)/t29?,30-,31?,36?/m0/s1. The van der Waals surface area contributed by atoms with Crippen LogP contribution in [-0.4, -0.2) is 135 Å². The molecule has 15 heteroatoms. The molecule has 3 saturated heterocycles. The SMILES string of the molecule is CN1CCN([C@H]2CCCN(c3cnc(C(N)=O)c(Cc4ccc(C5(C)CCN(C6CC(Nc7cccc8c7C(=O)N(C7CCC(=O)CC7=O)C8=O)C6)CC5)cc4)n3)C2)C1=O. The molecule has 60 heavy (non-hydrogen) atoms. The van der Waals surface area contributed by atoms with E-state index in [1.807, 2.05) is 18.0 Å². The van der Waals surface area contributed by atoms with Crippen LogP contribution >= 0.6 is 0 Å². The fourth-order valence-electron chi connectivity index (χ4n) is 10.3. The third kappa shape index (κ3) is 7.30. The first-order chi connectivity index (χ1) is 28.9. The Morgan fingerprint density at radius 1 is 0.917 bits per heavy atom. The van der Waals surface area contributed by atoms with Crippen LogP contribution in [0.4, 0.5) is 16.3 Å². The first-order valence-electron chi connectivity index (χ1n) is 21.4. The number of primary amides is 1. The number of benzene rings is 2. The zero-order valence-electron chi connectivity index (χ0n) is 34.4. The van der Waals surface area contributed by atoms with E-state index in [9.17, 15) is 28.8 Å². The number of amides is 5. The fraction of sp³-hybridized carbons (Fsp3) is 0.511. The highest BCUT2D eigenvalue weighted by molar-refractivity contribution is 6.25. The monoisotopic (exact) mass is 815 g/mol. The first kappa shape index (κ1) is 39.7. The topological polar surface area (TPSA) is 182 Å². The number of hydrogen-bond donors (Lipinski definition) is 2. The highest BCUT2D eigenvalue weighted by Gasteiger charge is 2.46. The van der Waals surface area contributed by atoms with Crippen molar-refractivity contribution in [3.63, 3.8) is 0 Å². The van der Waals surface area contributed by atoms with Crippen LogP contribution in [0.1, 0.15) is 113 Å². The molecule has 5 heterocycles. The number of piperidine rings is 2. The molecule has 0 radical (unpaired) electrons. The quantitative estimate of drug-likeness (QED) is 0.225. The number of likely N-dealkylation sites (N-methyl/N-ethyl adjacent to an activating group) is 1. The Bertz CT molecular complexity index is 2250. The van der Waals surface area contributed by atoms with Gasteiger partial charge in [0.15, 0.2) is 5.78 Å². The number of Topliss-reactive ketones (excluding diaryl/α,β-unsaturated/α-hetero) is 2.